The first-order chi connectivity index (χ1) is 11.4. The number of fused-ring (bicyclic) bond motifs is 3. The molecule has 0 radical (unpaired) electrons. The highest BCUT2D eigenvalue weighted by atomic mass is 32.1. The fourth-order valence-corrected chi connectivity index (χ4v) is 3.99. The first-order valence-electron chi connectivity index (χ1n) is 6.75. The van der Waals surface area contributed by atoms with Crippen molar-refractivity contribution in [3.63, 3.8) is 0 Å². The van der Waals surface area contributed by atoms with Gasteiger partial charge < -0.3 is 5.32 Å². The smallest absolute Gasteiger partial charge is 0.321 e. The number of thiophene rings is 1. The molecule has 0 fully saturated rings. The Hall–Kier alpha value is -2.39. The number of thiazole rings is 1. The van der Waals surface area contributed by atoms with Crippen molar-refractivity contribution in [2.75, 3.05) is 5.32 Å². The lowest BCUT2D eigenvalue weighted by Crippen LogP contribution is -2.11. The average molecular weight is 367 g/mol. The van der Waals surface area contributed by atoms with E-state index in [1.807, 2.05) is 16.0 Å². The van der Waals surface area contributed by atoms with Crippen molar-refractivity contribution < 1.29 is 18.0 Å². The van der Waals surface area contributed by atoms with Gasteiger partial charge in [0.25, 0.3) is 5.91 Å². The highest BCUT2D eigenvalue weighted by molar-refractivity contribution is 7.21. The summed E-state index contributed by atoms with van der Waals surface area (Å²) in [6, 6.07) is 6.07. The van der Waals surface area contributed by atoms with Crippen LogP contribution in [0.25, 0.3) is 15.3 Å². The van der Waals surface area contributed by atoms with E-state index in [4.69, 9.17) is 0 Å². The Morgan fingerprint density at radius 3 is 2.67 bits per heavy atom. The van der Waals surface area contributed by atoms with E-state index in [0.29, 0.717) is 10.6 Å². The van der Waals surface area contributed by atoms with Gasteiger partial charge in [-0.15, -0.1) is 22.7 Å². The number of anilines is 1. The van der Waals surface area contributed by atoms with E-state index in [1.165, 1.54) is 34.8 Å². The van der Waals surface area contributed by atoms with Crippen LogP contribution >= 0.6 is 22.7 Å². The number of carbonyl (C=O) groups excluding carboxylic acids is 1. The molecule has 0 unspecified atom stereocenters. The third kappa shape index (κ3) is 2.55. The number of amides is 1. The van der Waals surface area contributed by atoms with Crippen LogP contribution in [0.1, 0.15) is 15.2 Å². The second-order valence-corrected chi connectivity index (χ2v) is 6.90. The maximum absolute atomic E-state index is 12.5. The first kappa shape index (κ1) is 15.2. The van der Waals surface area contributed by atoms with Crippen molar-refractivity contribution in [1.82, 2.24) is 9.38 Å². The van der Waals surface area contributed by atoms with Crippen molar-refractivity contribution >= 4 is 49.6 Å². The van der Waals surface area contributed by atoms with E-state index in [0.717, 1.165) is 27.4 Å². The number of halogens is 3. The normalized spacial score (nSPS) is 12.1. The molecule has 4 nitrogen and oxygen atoms in total. The standard InChI is InChI=1S/C15H8F3N3OS2/c16-15(17,18)8-1-3-9(4-2-8)19-12(22)11-7-10-13(24-11)20-14-21(10)5-6-23-14/h1-7H,(H,19,22). The second-order valence-electron chi connectivity index (χ2n) is 5.00. The monoisotopic (exact) mass is 367 g/mol. The van der Waals surface area contributed by atoms with Crippen LogP contribution in [0.5, 0.6) is 0 Å². The molecule has 1 N–H and O–H groups in total. The van der Waals surface area contributed by atoms with Gasteiger partial charge in [-0.1, -0.05) is 0 Å². The average Bonchev–Trinajstić information content (AvgIpc) is 3.18. The number of nitrogens with zero attached hydrogens (tertiary/aromatic N) is 2. The Balaban J connectivity index is 1.58. The van der Waals surface area contributed by atoms with E-state index in [2.05, 4.69) is 10.3 Å². The molecule has 0 aliphatic carbocycles. The third-order valence-corrected chi connectivity index (χ3v) is 5.21. The summed E-state index contributed by atoms with van der Waals surface area (Å²) in [6.45, 7) is 0. The van der Waals surface area contributed by atoms with Crippen LogP contribution in [0.3, 0.4) is 0 Å². The van der Waals surface area contributed by atoms with E-state index in [-0.39, 0.29) is 5.91 Å². The predicted octanol–water partition coefficient (Wildman–Crippen LogP) is 4.88. The van der Waals surface area contributed by atoms with Crippen LogP contribution < -0.4 is 5.32 Å². The van der Waals surface area contributed by atoms with E-state index < -0.39 is 11.7 Å². The second kappa shape index (κ2) is 5.32. The Bertz CT molecular complexity index is 1040. The molecule has 122 valence electrons. The largest absolute Gasteiger partial charge is 0.416 e. The molecular weight excluding hydrogens is 359 g/mol. The quantitative estimate of drug-likeness (QED) is 0.549. The summed E-state index contributed by atoms with van der Waals surface area (Å²) in [6.07, 6.45) is -2.52. The van der Waals surface area contributed by atoms with Crippen molar-refractivity contribution in [3.8, 4) is 0 Å². The maximum Gasteiger partial charge on any atom is 0.416 e. The van der Waals surface area contributed by atoms with Crippen molar-refractivity contribution in [3.05, 3.63) is 52.3 Å². The summed E-state index contributed by atoms with van der Waals surface area (Å²) in [7, 11) is 0. The van der Waals surface area contributed by atoms with Crippen LogP contribution in [-0.2, 0) is 6.18 Å². The molecule has 1 amide bonds. The number of carbonyl (C=O) groups is 1. The molecule has 24 heavy (non-hydrogen) atoms. The van der Waals surface area contributed by atoms with Gasteiger partial charge in [-0.25, -0.2) is 4.98 Å². The van der Waals surface area contributed by atoms with Crippen LogP contribution in [0.4, 0.5) is 18.9 Å². The Morgan fingerprint density at radius 2 is 1.96 bits per heavy atom. The molecule has 0 aliphatic rings. The summed E-state index contributed by atoms with van der Waals surface area (Å²) >= 11 is 2.75. The van der Waals surface area contributed by atoms with Gasteiger partial charge in [0.15, 0.2) is 4.96 Å². The van der Waals surface area contributed by atoms with Gasteiger partial charge in [0.1, 0.15) is 4.83 Å². The number of alkyl halides is 3. The van der Waals surface area contributed by atoms with E-state index in [1.54, 1.807) is 6.07 Å². The Labute approximate surface area is 141 Å². The highest BCUT2D eigenvalue weighted by Gasteiger charge is 2.30. The van der Waals surface area contributed by atoms with Gasteiger partial charge in [-0.05, 0) is 30.3 Å². The van der Waals surface area contributed by atoms with Crippen molar-refractivity contribution in [1.29, 1.82) is 0 Å². The van der Waals surface area contributed by atoms with Crippen molar-refractivity contribution in [2.45, 2.75) is 6.18 Å². The number of hydrogen-bond acceptors (Lipinski definition) is 4. The Kier molecular flexibility index (Phi) is 3.36. The molecule has 0 aliphatic heterocycles. The van der Waals surface area contributed by atoms with Crippen LogP contribution in [0.15, 0.2) is 41.9 Å². The summed E-state index contributed by atoms with van der Waals surface area (Å²) in [5.74, 6) is -0.373. The summed E-state index contributed by atoms with van der Waals surface area (Å²) in [4.78, 5) is 18.8. The van der Waals surface area contributed by atoms with Gasteiger partial charge in [0.05, 0.1) is 16.0 Å². The third-order valence-electron chi connectivity index (χ3n) is 3.43. The lowest BCUT2D eigenvalue weighted by atomic mass is 10.2. The fourth-order valence-electron chi connectivity index (χ4n) is 2.29. The number of rotatable bonds is 2. The number of nitrogens with one attached hydrogen (secondary N) is 1. The van der Waals surface area contributed by atoms with Gasteiger partial charge >= 0.3 is 6.18 Å². The zero-order valence-corrected chi connectivity index (χ0v) is 13.4. The van der Waals surface area contributed by atoms with Gasteiger partial charge in [-0.2, -0.15) is 13.2 Å². The minimum atomic E-state index is -4.39. The molecule has 3 heterocycles. The van der Waals surface area contributed by atoms with Crippen molar-refractivity contribution in [2.24, 2.45) is 0 Å². The SMILES string of the molecule is O=C(Nc1ccc(C(F)(F)F)cc1)c1cc2c(nc3sccn32)s1. The number of hydrogen-bond donors (Lipinski definition) is 1. The molecule has 3 aromatic heterocycles. The molecule has 0 atom stereocenters. The molecule has 1 aromatic carbocycles. The first-order valence-corrected chi connectivity index (χ1v) is 8.45. The molecule has 0 spiro atoms. The molecule has 0 saturated carbocycles. The minimum Gasteiger partial charge on any atom is -0.321 e. The molecule has 0 saturated heterocycles. The number of benzene rings is 1. The number of imidazole rings is 1. The van der Waals surface area contributed by atoms with Gasteiger partial charge in [-0.3, -0.25) is 9.20 Å². The predicted molar refractivity (Wildman–Crippen MR) is 87.8 cm³/mol. The molecule has 9 heteroatoms. The van der Waals surface area contributed by atoms with Gasteiger partial charge in [0, 0.05) is 17.3 Å². The molecular formula is C15H8F3N3OS2. The molecule has 4 aromatic rings. The van der Waals surface area contributed by atoms with E-state index in [9.17, 15) is 18.0 Å². The molecule has 0 bridgehead atoms. The Morgan fingerprint density at radius 1 is 1.21 bits per heavy atom. The summed E-state index contributed by atoms with van der Waals surface area (Å²) in [5, 5.41) is 4.50. The van der Waals surface area contributed by atoms with Gasteiger partial charge in [0.2, 0.25) is 0 Å². The highest BCUT2D eigenvalue weighted by Crippen LogP contribution is 2.31. The van der Waals surface area contributed by atoms with Crippen LogP contribution in [-0.4, -0.2) is 15.3 Å². The fraction of sp³-hybridized carbons (Fsp3) is 0.0667. The summed E-state index contributed by atoms with van der Waals surface area (Å²) < 4.78 is 39.5. The minimum absolute atomic E-state index is 0.308. The summed E-state index contributed by atoms with van der Waals surface area (Å²) in [5.41, 5.74) is 0.395. The zero-order valence-electron chi connectivity index (χ0n) is 11.8. The number of aromatic nitrogens is 2. The lowest BCUT2D eigenvalue weighted by Gasteiger charge is -2.08. The molecule has 4 rings (SSSR count). The zero-order chi connectivity index (χ0) is 16.9. The van der Waals surface area contributed by atoms with Crippen LogP contribution in [0.2, 0.25) is 0 Å². The maximum atomic E-state index is 12.5. The van der Waals surface area contributed by atoms with E-state index >= 15 is 0 Å². The topological polar surface area (TPSA) is 46.4 Å². The van der Waals surface area contributed by atoms with Crippen LogP contribution in [0, 0.1) is 0 Å². The lowest BCUT2D eigenvalue weighted by molar-refractivity contribution is -0.137.